The maximum atomic E-state index is 12.4. The molecule has 0 fully saturated rings. The van der Waals surface area contributed by atoms with Crippen LogP contribution in [0.25, 0.3) is 10.6 Å². The molecular weight excluding hydrogens is 384 g/mol. The number of hydrogen-bond donors (Lipinski definition) is 2. The van der Waals surface area contributed by atoms with Crippen LogP contribution in [0, 0.1) is 13.8 Å². The first-order chi connectivity index (χ1) is 12.8. The molecule has 3 aromatic rings. The summed E-state index contributed by atoms with van der Waals surface area (Å²) in [6, 6.07) is 14.6. The first-order valence-electron chi connectivity index (χ1n) is 8.11. The van der Waals surface area contributed by atoms with Crippen molar-refractivity contribution in [3.63, 3.8) is 0 Å². The molecule has 0 aliphatic carbocycles. The normalized spacial score (nSPS) is 11.3. The van der Waals surface area contributed by atoms with Crippen LogP contribution >= 0.6 is 11.5 Å². The standard InChI is InChI=1S/C18H18N4O3S2/c1-12-8-9-13(2)15(10-12)27(24,25)19-11-16(23)20-18-21-17(26-22-18)14-6-4-3-5-7-14/h3-10,19H,11H2,1-2H3,(H,20,22,23). The molecule has 0 aliphatic rings. The number of anilines is 1. The summed E-state index contributed by atoms with van der Waals surface area (Å²) in [6.45, 7) is 3.11. The first kappa shape index (κ1) is 19.2. The van der Waals surface area contributed by atoms with E-state index in [1.54, 1.807) is 19.1 Å². The van der Waals surface area contributed by atoms with Crippen LogP contribution in [0.1, 0.15) is 11.1 Å². The number of sulfonamides is 1. The van der Waals surface area contributed by atoms with Crippen molar-refractivity contribution in [2.45, 2.75) is 18.7 Å². The number of aromatic nitrogens is 2. The van der Waals surface area contributed by atoms with Gasteiger partial charge in [0.05, 0.1) is 11.4 Å². The molecule has 27 heavy (non-hydrogen) atoms. The molecule has 1 amide bonds. The zero-order valence-electron chi connectivity index (χ0n) is 14.8. The predicted octanol–water partition coefficient (Wildman–Crippen LogP) is 2.74. The Morgan fingerprint density at radius 3 is 2.59 bits per heavy atom. The van der Waals surface area contributed by atoms with Gasteiger partial charge in [-0.2, -0.15) is 9.36 Å². The summed E-state index contributed by atoms with van der Waals surface area (Å²) in [4.78, 5) is 16.5. The molecule has 0 spiro atoms. The van der Waals surface area contributed by atoms with Gasteiger partial charge in [-0.3, -0.25) is 10.1 Å². The highest BCUT2D eigenvalue weighted by molar-refractivity contribution is 7.89. The van der Waals surface area contributed by atoms with Gasteiger partial charge in [-0.25, -0.2) is 13.1 Å². The minimum absolute atomic E-state index is 0.148. The van der Waals surface area contributed by atoms with E-state index in [-0.39, 0.29) is 10.8 Å². The molecule has 0 unspecified atom stereocenters. The summed E-state index contributed by atoms with van der Waals surface area (Å²) < 4.78 is 31.3. The molecule has 2 aromatic carbocycles. The van der Waals surface area contributed by atoms with Crippen LogP contribution in [0.15, 0.2) is 53.4 Å². The third-order valence-electron chi connectivity index (χ3n) is 3.75. The number of carbonyl (C=O) groups is 1. The highest BCUT2D eigenvalue weighted by atomic mass is 32.2. The highest BCUT2D eigenvalue weighted by Crippen LogP contribution is 2.22. The molecule has 0 radical (unpaired) electrons. The Balaban J connectivity index is 1.63. The van der Waals surface area contributed by atoms with Crippen LogP contribution in [0.3, 0.4) is 0 Å². The van der Waals surface area contributed by atoms with Crippen LogP contribution in [-0.2, 0) is 14.8 Å². The zero-order valence-corrected chi connectivity index (χ0v) is 16.4. The van der Waals surface area contributed by atoms with E-state index in [1.807, 2.05) is 43.3 Å². The largest absolute Gasteiger partial charge is 0.293 e. The zero-order chi connectivity index (χ0) is 19.4. The van der Waals surface area contributed by atoms with E-state index in [0.717, 1.165) is 22.7 Å². The van der Waals surface area contributed by atoms with Gasteiger partial charge >= 0.3 is 0 Å². The lowest BCUT2D eigenvalue weighted by molar-refractivity contribution is -0.115. The van der Waals surface area contributed by atoms with Crippen molar-refractivity contribution >= 4 is 33.4 Å². The molecule has 2 N–H and O–H groups in total. The quantitative estimate of drug-likeness (QED) is 0.660. The third-order valence-corrected chi connectivity index (χ3v) is 6.06. The Morgan fingerprint density at radius 1 is 1.11 bits per heavy atom. The van der Waals surface area contributed by atoms with Crippen molar-refractivity contribution in [1.82, 2.24) is 14.1 Å². The SMILES string of the molecule is Cc1ccc(C)c(S(=O)(=O)NCC(=O)Nc2nsc(-c3ccccc3)n2)c1. The van der Waals surface area contributed by atoms with E-state index in [0.29, 0.717) is 10.6 Å². The summed E-state index contributed by atoms with van der Waals surface area (Å²) in [5.74, 6) is -0.393. The molecule has 9 heteroatoms. The second kappa shape index (κ2) is 7.95. The van der Waals surface area contributed by atoms with Crippen molar-refractivity contribution in [2.24, 2.45) is 0 Å². The predicted molar refractivity (Wildman–Crippen MR) is 105 cm³/mol. The van der Waals surface area contributed by atoms with Gasteiger partial charge in [0, 0.05) is 5.56 Å². The first-order valence-corrected chi connectivity index (χ1v) is 10.4. The van der Waals surface area contributed by atoms with Crippen molar-refractivity contribution in [1.29, 1.82) is 0 Å². The van der Waals surface area contributed by atoms with E-state index in [1.165, 1.54) is 0 Å². The van der Waals surface area contributed by atoms with Gasteiger partial charge in [0.1, 0.15) is 5.01 Å². The van der Waals surface area contributed by atoms with Gasteiger partial charge in [-0.05, 0) is 42.6 Å². The molecule has 0 atom stereocenters. The number of rotatable bonds is 6. The fourth-order valence-corrected chi connectivity index (χ4v) is 4.31. The Bertz CT molecular complexity index is 1060. The Kier molecular flexibility index (Phi) is 5.64. The van der Waals surface area contributed by atoms with E-state index < -0.39 is 22.5 Å². The minimum Gasteiger partial charge on any atom is -0.293 e. The van der Waals surface area contributed by atoms with Crippen LogP contribution in [0.4, 0.5) is 5.95 Å². The minimum atomic E-state index is -3.79. The number of nitrogens with zero attached hydrogens (tertiary/aromatic N) is 2. The molecule has 0 bridgehead atoms. The molecule has 0 saturated carbocycles. The Morgan fingerprint density at radius 2 is 1.85 bits per heavy atom. The van der Waals surface area contributed by atoms with Gasteiger partial charge < -0.3 is 0 Å². The summed E-state index contributed by atoms with van der Waals surface area (Å²) in [5, 5.41) is 3.17. The van der Waals surface area contributed by atoms with Crippen LogP contribution in [0.5, 0.6) is 0 Å². The summed E-state index contributed by atoms with van der Waals surface area (Å²) >= 11 is 1.15. The smallest absolute Gasteiger partial charge is 0.241 e. The van der Waals surface area contributed by atoms with E-state index in [9.17, 15) is 13.2 Å². The number of amides is 1. The summed E-state index contributed by atoms with van der Waals surface area (Å²) in [5.41, 5.74) is 2.33. The second-order valence-electron chi connectivity index (χ2n) is 5.93. The number of benzene rings is 2. The van der Waals surface area contributed by atoms with E-state index >= 15 is 0 Å². The van der Waals surface area contributed by atoms with Crippen LogP contribution in [-0.4, -0.2) is 30.2 Å². The molecule has 7 nitrogen and oxygen atoms in total. The Hall–Kier alpha value is -2.62. The van der Waals surface area contributed by atoms with Crippen molar-refractivity contribution < 1.29 is 13.2 Å². The van der Waals surface area contributed by atoms with Gasteiger partial charge in [0.15, 0.2) is 0 Å². The average molecular weight is 403 g/mol. The fourth-order valence-electron chi connectivity index (χ4n) is 2.38. The fraction of sp³-hybridized carbons (Fsp3) is 0.167. The third kappa shape index (κ3) is 4.76. The molecule has 0 saturated heterocycles. The molecule has 1 aromatic heterocycles. The van der Waals surface area contributed by atoms with Crippen LogP contribution < -0.4 is 10.0 Å². The van der Waals surface area contributed by atoms with E-state index in [4.69, 9.17) is 0 Å². The maximum Gasteiger partial charge on any atom is 0.241 e. The summed E-state index contributed by atoms with van der Waals surface area (Å²) in [7, 11) is -3.79. The number of aryl methyl sites for hydroxylation is 2. The Labute approximate surface area is 161 Å². The monoisotopic (exact) mass is 402 g/mol. The van der Waals surface area contributed by atoms with Crippen molar-refractivity contribution in [2.75, 3.05) is 11.9 Å². The number of nitrogens with one attached hydrogen (secondary N) is 2. The van der Waals surface area contributed by atoms with Gasteiger partial charge in [0.25, 0.3) is 0 Å². The highest BCUT2D eigenvalue weighted by Gasteiger charge is 2.18. The average Bonchev–Trinajstić information content (AvgIpc) is 3.11. The molecule has 140 valence electrons. The number of carbonyl (C=O) groups excluding carboxylic acids is 1. The lowest BCUT2D eigenvalue weighted by Gasteiger charge is -2.09. The number of hydrogen-bond acceptors (Lipinski definition) is 6. The second-order valence-corrected chi connectivity index (χ2v) is 8.42. The van der Waals surface area contributed by atoms with Crippen LogP contribution in [0.2, 0.25) is 0 Å². The van der Waals surface area contributed by atoms with E-state index in [2.05, 4.69) is 19.4 Å². The molecule has 0 aliphatic heterocycles. The van der Waals surface area contributed by atoms with Crippen molar-refractivity contribution in [3.05, 3.63) is 59.7 Å². The summed E-state index contributed by atoms with van der Waals surface area (Å²) in [6.07, 6.45) is 0. The van der Waals surface area contributed by atoms with Crippen molar-refractivity contribution in [3.8, 4) is 10.6 Å². The lowest BCUT2D eigenvalue weighted by Crippen LogP contribution is -2.33. The maximum absolute atomic E-state index is 12.4. The molecular formula is C18H18N4O3S2. The van der Waals surface area contributed by atoms with Gasteiger partial charge in [-0.15, -0.1) is 0 Å². The molecule has 1 heterocycles. The lowest BCUT2D eigenvalue weighted by atomic mass is 10.2. The van der Waals surface area contributed by atoms with Gasteiger partial charge in [0.2, 0.25) is 21.9 Å². The molecule has 3 rings (SSSR count). The topological polar surface area (TPSA) is 101 Å². The van der Waals surface area contributed by atoms with Gasteiger partial charge in [-0.1, -0.05) is 42.5 Å².